The van der Waals surface area contributed by atoms with Gasteiger partial charge in [-0.25, -0.2) is 4.98 Å². The van der Waals surface area contributed by atoms with E-state index in [1.54, 1.807) is 7.11 Å². The monoisotopic (exact) mass is 354 g/mol. The van der Waals surface area contributed by atoms with Crippen molar-refractivity contribution in [1.29, 1.82) is 0 Å². The number of ether oxygens (including phenoxy) is 1. The van der Waals surface area contributed by atoms with E-state index in [9.17, 15) is 0 Å². The van der Waals surface area contributed by atoms with Crippen molar-refractivity contribution in [2.75, 3.05) is 58.3 Å². The van der Waals surface area contributed by atoms with E-state index < -0.39 is 0 Å². The van der Waals surface area contributed by atoms with Crippen molar-refractivity contribution in [2.24, 2.45) is 0 Å². The lowest BCUT2D eigenvalue weighted by Crippen LogP contribution is -2.54. The Bertz CT molecular complexity index is 770. The quantitative estimate of drug-likeness (QED) is 0.846. The number of methoxy groups -OCH3 is 1. The Hall–Kier alpha value is -1.85. The molecule has 2 saturated heterocycles. The minimum absolute atomic E-state index is 0.729. The maximum Gasteiger partial charge on any atom is 0.145 e. The number of hydrogen-bond donors (Lipinski definition) is 0. The molecule has 140 valence electrons. The molecule has 2 aromatic rings. The molecule has 0 spiro atoms. The Labute approximate surface area is 156 Å². The topological polar surface area (TPSA) is 31.8 Å². The van der Waals surface area contributed by atoms with E-state index in [1.807, 2.05) is 6.07 Å². The fourth-order valence-electron chi connectivity index (χ4n) is 4.52. The van der Waals surface area contributed by atoms with Crippen LogP contribution < -0.4 is 9.64 Å². The normalized spacial score (nSPS) is 22.7. The number of likely N-dealkylation sites (tertiary alicyclic amines) is 1. The minimum Gasteiger partial charge on any atom is -0.494 e. The number of para-hydroxylation sites is 1. The number of fused-ring (bicyclic) bond motifs is 1. The molecule has 1 atom stereocenters. The van der Waals surface area contributed by atoms with Gasteiger partial charge in [-0.15, -0.1) is 0 Å². The third-order valence-corrected chi connectivity index (χ3v) is 5.90. The molecule has 2 aliphatic rings. The molecule has 26 heavy (non-hydrogen) atoms. The lowest BCUT2D eigenvalue weighted by Gasteiger charge is -2.43. The fraction of sp³-hybridized carbons (Fsp3) is 0.571. The van der Waals surface area contributed by atoms with E-state index in [4.69, 9.17) is 9.72 Å². The van der Waals surface area contributed by atoms with Crippen LogP contribution in [0.5, 0.6) is 5.75 Å². The van der Waals surface area contributed by atoms with Gasteiger partial charge in [0.2, 0.25) is 0 Å². The van der Waals surface area contributed by atoms with E-state index in [-0.39, 0.29) is 0 Å². The maximum absolute atomic E-state index is 5.54. The molecule has 1 aromatic carbocycles. The Kier molecular flexibility index (Phi) is 5.00. The zero-order valence-corrected chi connectivity index (χ0v) is 16.2. The molecule has 0 amide bonds. The zero-order chi connectivity index (χ0) is 18.1. The van der Waals surface area contributed by atoms with Gasteiger partial charge in [-0.1, -0.05) is 12.1 Å². The van der Waals surface area contributed by atoms with Crippen molar-refractivity contribution in [3.8, 4) is 5.75 Å². The van der Waals surface area contributed by atoms with Crippen LogP contribution in [-0.2, 0) is 0 Å². The van der Waals surface area contributed by atoms with Crippen LogP contribution >= 0.6 is 0 Å². The van der Waals surface area contributed by atoms with Gasteiger partial charge in [0, 0.05) is 55.5 Å². The summed E-state index contributed by atoms with van der Waals surface area (Å²) in [7, 11) is 3.97. The van der Waals surface area contributed by atoms with Crippen LogP contribution in [0.4, 0.5) is 5.69 Å². The first kappa shape index (κ1) is 17.6. The summed E-state index contributed by atoms with van der Waals surface area (Å²) in [6, 6.07) is 9.19. The average Bonchev–Trinajstić information content (AvgIpc) is 2.67. The highest BCUT2D eigenvalue weighted by Gasteiger charge is 2.27. The number of pyridine rings is 1. The first-order valence-corrected chi connectivity index (χ1v) is 9.77. The van der Waals surface area contributed by atoms with Crippen LogP contribution in [0.1, 0.15) is 18.5 Å². The molecule has 1 aromatic heterocycles. The summed E-state index contributed by atoms with van der Waals surface area (Å²) >= 11 is 0. The number of nitrogens with zero attached hydrogens (tertiary/aromatic N) is 4. The van der Waals surface area contributed by atoms with Gasteiger partial charge in [0.15, 0.2) is 0 Å². The SMILES string of the molecule is COc1cccc2c(N3CCN(C4CCCN(C)C4)CC3)cc(C)nc12. The molecule has 0 radical (unpaired) electrons. The van der Waals surface area contributed by atoms with Gasteiger partial charge < -0.3 is 14.5 Å². The molecule has 0 N–H and O–H groups in total. The number of likely N-dealkylation sites (N-methyl/N-ethyl adjacent to an activating group) is 1. The summed E-state index contributed by atoms with van der Waals surface area (Å²) in [6.07, 6.45) is 2.67. The lowest BCUT2D eigenvalue weighted by atomic mass is 10.0. The number of piperidine rings is 1. The largest absolute Gasteiger partial charge is 0.494 e. The van der Waals surface area contributed by atoms with Gasteiger partial charge in [0.1, 0.15) is 11.3 Å². The maximum atomic E-state index is 5.54. The molecule has 0 bridgehead atoms. The zero-order valence-electron chi connectivity index (χ0n) is 16.2. The highest BCUT2D eigenvalue weighted by molar-refractivity contribution is 5.95. The van der Waals surface area contributed by atoms with E-state index >= 15 is 0 Å². The molecule has 0 aliphatic carbocycles. The average molecular weight is 354 g/mol. The third-order valence-electron chi connectivity index (χ3n) is 5.90. The molecule has 2 fully saturated rings. The van der Waals surface area contributed by atoms with Gasteiger partial charge in [-0.2, -0.15) is 0 Å². The number of piperazine rings is 1. The summed E-state index contributed by atoms with van der Waals surface area (Å²) in [4.78, 5) is 12.4. The highest BCUT2D eigenvalue weighted by Crippen LogP contribution is 2.33. The molecule has 5 nitrogen and oxygen atoms in total. The van der Waals surface area contributed by atoms with Gasteiger partial charge in [-0.3, -0.25) is 4.90 Å². The molecular formula is C21H30N4O. The smallest absolute Gasteiger partial charge is 0.145 e. The Morgan fingerprint density at radius 1 is 1.12 bits per heavy atom. The summed E-state index contributed by atoms with van der Waals surface area (Å²) in [5.74, 6) is 0.858. The summed E-state index contributed by atoms with van der Waals surface area (Å²) in [5, 5.41) is 1.20. The number of hydrogen-bond acceptors (Lipinski definition) is 5. The third kappa shape index (κ3) is 3.38. The van der Waals surface area contributed by atoms with E-state index in [0.717, 1.165) is 49.2 Å². The number of benzene rings is 1. The molecule has 4 rings (SSSR count). The van der Waals surface area contributed by atoms with Gasteiger partial charge in [0.25, 0.3) is 0 Å². The Balaban J connectivity index is 1.54. The van der Waals surface area contributed by atoms with Crippen molar-refractivity contribution in [3.63, 3.8) is 0 Å². The first-order chi connectivity index (χ1) is 12.7. The van der Waals surface area contributed by atoms with Crippen molar-refractivity contribution in [3.05, 3.63) is 30.0 Å². The standard InChI is InChI=1S/C21H30N4O/c1-16-14-19(18-7-4-8-20(26-3)21(18)22-16)25-12-10-24(11-13-25)17-6-5-9-23(2)15-17/h4,7-8,14,17H,5-6,9-13,15H2,1-3H3. The second kappa shape index (κ2) is 7.41. The number of aryl methyl sites for hydroxylation is 1. The Morgan fingerprint density at radius 3 is 2.65 bits per heavy atom. The van der Waals surface area contributed by atoms with Gasteiger partial charge in [-0.05, 0) is 45.5 Å². The predicted molar refractivity (Wildman–Crippen MR) is 107 cm³/mol. The molecule has 3 heterocycles. The Morgan fingerprint density at radius 2 is 1.92 bits per heavy atom. The molecule has 0 saturated carbocycles. The first-order valence-electron chi connectivity index (χ1n) is 9.77. The van der Waals surface area contributed by atoms with E-state index in [1.165, 1.54) is 37.0 Å². The van der Waals surface area contributed by atoms with Crippen LogP contribution in [0.15, 0.2) is 24.3 Å². The van der Waals surface area contributed by atoms with Gasteiger partial charge >= 0.3 is 0 Å². The molecule has 1 unspecified atom stereocenters. The van der Waals surface area contributed by atoms with E-state index in [0.29, 0.717) is 0 Å². The van der Waals surface area contributed by atoms with Crippen LogP contribution in [0.2, 0.25) is 0 Å². The van der Waals surface area contributed by atoms with Crippen LogP contribution in [-0.4, -0.2) is 74.3 Å². The summed E-state index contributed by atoms with van der Waals surface area (Å²) in [6.45, 7) is 8.99. The summed E-state index contributed by atoms with van der Waals surface area (Å²) in [5.41, 5.74) is 3.32. The second-order valence-electron chi connectivity index (χ2n) is 7.72. The van der Waals surface area contributed by atoms with Crippen molar-refractivity contribution >= 4 is 16.6 Å². The second-order valence-corrected chi connectivity index (χ2v) is 7.72. The van der Waals surface area contributed by atoms with Crippen LogP contribution in [0.3, 0.4) is 0 Å². The van der Waals surface area contributed by atoms with Crippen molar-refractivity contribution < 1.29 is 4.74 Å². The minimum atomic E-state index is 0.729. The lowest BCUT2D eigenvalue weighted by molar-refractivity contribution is 0.107. The predicted octanol–water partition coefficient (Wildman–Crippen LogP) is 2.77. The fourth-order valence-corrected chi connectivity index (χ4v) is 4.52. The van der Waals surface area contributed by atoms with Crippen molar-refractivity contribution in [2.45, 2.75) is 25.8 Å². The van der Waals surface area contributed by atoms with Gasteiger partial charge in [0.05, 0.1) is 7.11 Å². The van der Waals surface area contributed by atoms with E-state index in [2.05, 4.69) is 46.9 Å². The molecular weight excluding hydrogens is 324 g/mol. The van der Waals surface area contributed by atoms with Crippen molar-refractivity contribution in [1.82, 2.24) is 14.8 Å². The molecule has 5 heteroatoms. The molecule has 2 aliphatic heterocycles. The van der Waals surface area contributed by atoms with Crippen LogP contribution in [0, 0.1) is 6.92 Å². The summed E-state index contributed by atoms with van der Waals surface area (Å²) < 4.78 is 5.54. The van der Waals surface area contributed by atoms with Crippen LogP contribution in [0.25, 0.3) is 10.9 Å². The highest BCUT2D eigenvalue weighted by atomic mass is 16.5. The number of rotatable bonds is 3. The number of anilines is 1. The number of aromatic nitrogens is 1.